The highest BCUT2D eigenvalue weighted by Gasteiger charge is 2.31. The van der Waals surface area contributed by atoms with Crippen LogP contribution in [0.1, 0.15) is 49.4 Å². The molecule has 1 aliphatic carbocycles. The quantitative estimate of drug-likeness (QED) is 0.404. The minimum absolute atomic E-state index is 0.199. The van der Waals surface area contributed by atoms with Crippen molar-refractivity contribution in [3.63, 3.8) is 0 Å². The van der Waals surface area contributed by atoms with E-state index >= 15 is 0 Å². The van der Waals surface area contributed by atoms with Gasteiger partial charge >= 0.3 is 6.09 Å². The van der Waals surface area contributed by atoms with E-state index in [1.165, 1.54) is 15.3 Å². The molecular weight excluding hydrogens is 484 g/mol. The van der Waals surface area contributed by atoms with Crippen LogP contribution in [0, 0.1) is 6.92 Å². The predicted molar refractivity (Wildman–Crippen MR) is 135 cm³/mol. The van der Waals surface area contributed by atoms with E-state index in [1.807, 2.05) is 39.8 Å². The van der Waals surface area contributed by atoms with Gasteiger partial charge in [0.05, 0.1) is 22.1 Å². The lowest BCUT2D eigenvalue weighted by Gasteiger charge is -2.22. The fourth-order valence-electron chi connectivity index (χ4n) is 4.49. The smallest absolute Gasteiger partial charge is 0.408 e. The maximum absolute atomic E-state index is 13.8. The second-order valence-electron chi connectivity index (χ2n) is 9.54. The molecule has 0 aliphatic heterocycles. The van der Waals surface area contributed by atoms with Crippen LogP contribution in [0.3, 0.4) is 0 Å². The highest BCUT2D eigenvalue weighted by atomic mass is 32.2. The lowest BCUT2D eigenvalue weighted by atomic mass is 10.0. The highest BCUT2D eigenvalue weighted by molar-refractivity contribution is 7.90. The van der Waals surface area contributed by atoms with Gasteiger partial charge in [0.25, 0.3) is 10.0 Å². The number of amides is 1. The van der Waals surface area contributed by atoms with E-state index in [0.29, 0.717) is 29.1 Å². The van der Waals surface area contributed by atoms with Gasteiger partial charge in [0, 0.05) is 5.39 Å². The van der Waals surface area contributed by atoms with E-state index in [1.54, 1.807) is 36.4 Å². The fraction of sp³-hybridized carbons (Fsp3) is 0.320. The summed E-state index contributed by atoms with van der Waals surface area (Å²) in [5, 5.41) is 13.4. The summed E-state index contributed by atoms with van der Waals surface area (Å²) < 4.78 is 34.4. The standard InChI is InChI=1S/C25H26N4O4S2/c1-15-27-28-23(34-15)22-14-19-17-10-12-20(26-24(30)33-25(2,3)4)18(17)11-13-21(19)29(22)35(31,32)16-8-6-5-7-9-16/h5-9,11,13-14,20H,10,12H2,1-4H3,(H,26,30)/t20-/m1/s1. The first-order valence-corrected chi connectivity index (χ1v) is 13.6. The molecule has 2 heterocycles. The Bertz CT molecular complexity index is 1530. The van der Waals surface area contributed by atoms with Gasteiger partial charge in [-0.2, -0.15) is 0 Å². The molecule has 2 aromatic carbocycles. The molecule has 0 saturated heterocycles. The summed E-state index contributed by atoms with van der Waals surface area (Å²) in [6.07, 6.45) is 0.944. The Balaban J connectivity index is 1.65. The lowest BCUT2D eigenvalue weighted by molar-refractivity contribution is 0.0503. The fourth-order valence-corrected chi connectivity index (χ4v) is 6.77. The van der Waals surface area contributed by atoms with Gasteiger partial charge in [-0.15, -0.1) is 10.2 Å². The summed E-state index contributed by atoms with van der Waals surface area (Å²) in [6.45, 7) is 7.31. The summed E-state index contributed by atoms with van der Waals surface area (Å²) in [5.74, 6) is 0. The Hall–Kier alpha value is -3.24. The number of carbonyl (C=O) groups excluding carboxylic acids is 1. The molecule has 182 valence electrons. The molecule has 1 N–H and O–H groups in total. The molecule has 8 nitrogen and oxygen atoms in total. The molecular formula is C25H26N4O4S2. The number of ether oxygens (including phenoxy) is 1. The number of nitrogens with zero attached hydrogens (tertiary/aromatic N) is 3. The summed E-state index contributed by atoms with van der Waals surface area (Å²) in [7, 11) is -3.90. The van der Waals surface area contributed by atoms with Crippen molar-refractivity contribution in [3.05, 3.63) is 64.7 Å². The predicted octanol–water partition coefficient (Wildman–Crippen LogP) is 5.22. The van der Waals surface area contributed by atoms with E-state index in [4.69, 9.17) is 4.74 Å². The number of hydrogen-bond donors (Lipinski definition) is 1. The molecule has 5 rings (SSSR count). The summed E-state index contributed by atoms with van der Waals surface area (Å²) in [4.78, 5) is 12.6. The van der Waals surface area contributed by atoms with Gasteiger partial charge in [-0.3, -0.25) is 0 Å². The molecule has 0 fully saturated rings. The molecule has 1 amide bonds. The van der Waals surface area contributed by atoms with Gasteiger partial charge in [-0.1, -0.05) is 35.6 Å². The Labute approximate surface area is 208 Å². The van der Waals surface area contributed by atoms with Crippen LogP contribution in [-0.2, 0) is 21.2 Å². The minimum atomic E-state index is -3.90. The SMILES string of the molecule is Cc1nnc(-c2cc3c4c(ccc3n2S(=O)(=O)c2ccccc2)[C@H](NC(=O)OC(C)(C)C)CC4)s1. The van der Waals surface area contributed by atoms with Crippen LogP contribution in [0.5, 0.6) is 0 Å². The van der Waals surface area contributed by atoms with Crippen molar-refractivity contribution in [2.75, 3.05) is 0 Å². The van der Waals surface area contributed by atoms with Gasteiger partial charge in [-0.05, 0) is 75.9 Å². The molecule has 2 aromatic heterocycles. The number of carbonyl (C=O) groups is 1. The van der Waals surface area contributed by atoms with E-state index in [9.17, 15) is 13.2 Å². The van der Waals surface area contributed by atoms with E-state index < -0.39 is 21.7 Å². The van der Waals surface area contributed by atoms with E-state index in [0.717, 1.165) is 21.5 Å². The number of aryl methyl sites for hydroxylation is 2. The second kappa shape index (κ2) is 8.46. The monoisotopic (exact) mass is 510 g/mol. The normalized spacial score (nSPS) is 15.8. The average molecular weight is 511 g/mol. The van der Waals surface area contributed by atoms with Crippen molar-refractivity contribution in [1.29, 1.82) is 0 Å². The number of aromatic nitrogens is 3. The first kappa shape index (κ1) is 23.5. The zero-order chi connectivity index (χ0) is 25.0. The molecule has 0 radical (unpaired) electrons. The van der Waals surface area contributed by atoms with Crippen molar-refractivity contribution in [2.24, 2.45) is 0 Å². The molecule has 0 spiro atoms. The zero-order valence-electron chi connectivity index (χ0n) is 19.9. The third kappa shape index (κ3) is 4.32. The maximum Gasteiger partial charge on any atom is 0.408 e. The second-order valence-corrected chi connectivity index (χ2v) is 12.5. The molecule has 1 atom stereocenters. The van der Waals surface area contributed by atoms with Gasteiger partial charge in [0.2, 0.25) is 0 Å². The summed E-state index contributed by atoms with van der Waals surface area (Å²) in [6, 6.07) is 13.8. The van der Waals surface area contributed by atoms with E-state index in [2.05, 4.69) is 15.5 Å². The van der Waals surface area contributed by atoms with Gasteiger partial charge < -0.3 is 10.1 Å². The molecule has 0 unspecified atom stereocenters. The third-order valence-corrected chi connectivity index (χ3v) is 8.47. The molecule has 35 heavy (non-hydrogen) atoms. The largest absolute Gasteiger partial charge is 0.444 e. The average Bonchev–Trinajstić information content (AvgIpc) is 3.49. The van der Waals surface area contributed by atoms with Crippen molar-refractivity contribution in [2.45, 2.75) is 57.1 Å². The number of alkyl carbamates (subject to hydrolysis) is 1. The van der Waals surface area contributed by atoms with Crippen molar-refractivity contribution in [1.82, 2.24) is 19.5 Å². The Morgan fingerprint density at radius 3 is 2.54 bits per heavy atom. The van der Waals surface area contributed by atoms with Crippen LogP contribution in [0.4, 0.5) is 4.79 Å². The van der Waals surface area contributed by atoms with Crippen molar-refractivity contribution in [3.8, 4) is 10.7 Å². The zero-order valence-corrected chi connectivity index (χ0v) is 21.5. The number of nitrogens with one attached hydrogen (secondary N) is 1. The van der Waals surface area contributed by atoms with Crippen LogP contribution in [-0.4, -0.2) is 34.3 Å². The Morgan fingerprint density at radius 2 is 1.89 bits per heavy atom. The molecule has 4 aromatic rings. The molecule has 1 aliphatic rings. The molecule has 0 bridgehead atoms. The summed E-state index contributed by atoms with van der Waals surface area (Å²) in [5.41, 5.74) is 2.46. The maximum atomic E-state index is 13.8. The minimum Gasteiger partial charge on any atom is -0.444 e. The van der Waals surface area contributed by atoms with Crippen LogP contribution < -0.4 is 5.32 Å². The first-order valence-electron chi connectivity index (χ1n) is 11.3. The highest BCUT2D eigenvalue weighted by Crippen LogP contribution is 2.41. The van der Waals surface area contributed by atoms with Gasteiger partial charge in [0.15, 0.2) is 5.01 Å². The van der Waals surface area contributed by atoms with Crippen LogP contribution in [0.25, 0.3) is 21.6 Å². The van der Waals surface area contributed by atoms with Crippen molar-refractivity contribution >= 4 is 38.4 Å². The van der Waals surface area contributed by atoms with E-state index in [-0.39, 0.29) is 10.9 Å². The Kier molecular flexibility index (Phi) is 5.68. The number of fused-ring (bicyclic) bond motifs is 3. The van der Waals surface area contributed by atoms with Crippen LogP contribution in [0.2, 0.25) is 0 Å². The summed E-state index contributed by atoms with van der Waals surface area (Å²) >= 11 is 1.35. The van der Waals surface area contributed by atoms with Crippen LogP contribution in [0.15, 0.2) is 53.4 Å². The molecule has 10 heteroatoms. The Morgan fingerprint density at radius 1 is 1.14 bits per heavy atom. The lowest BCUT2D eigenvalue weighted by Crippen LogP contribution is -2.34. The number of hydrogen-bond acceptors (Lipinski definition) is 7. The third-order valence-electron chi connectivity index (χ3n) is 5.86. The first-order chi connectivity index (χ1) is 16.5. The molecule has 0 saturated carbocycles. The van der Waals surface area contributed by atoms with Gasteiger partial charge in [-0.25, -0.2) is 17.2 Å². The van der Waals surface area contributed by atoms with Crippen LogP contribution >= 0.6 is 11.3 Å². The van der Waals surface area contributed by atoms with Gasteiger partial charge in [0.1, 0.15) is 10.6 Å². The van der Waals surface area contributed by atoms with Crippen molar-refractivity contribution < 1.29 is 17.9 Å². The number of benzene rings is 2. The number of rotatable bonds is 4. The topological polar surface area (TPSA) is 103 Å².